The molecule has 0 spiro atoms. The number of aliphatic carboxylic acids is 1. The van der Waals surface area contributed by atoms with E-state index in [2.05, 4.69) is 5.32 Å². The summed E-state index contributed by atoms with van der Waals surface area (Å²) >= 11 is 1.71. The highest BCUT2D eigenvalue weighted by Crippen LogP contribution is 2.20. The molecule has 0 radical (unpaired) electrons. The summed E-state index contributed by atoms with van der Waals surface area (Å²) < 4.78 is 13.4. The van der Waals surface area contributed by atoms with E-state index in [0.29, 0.717) is 0 Å². The molecule has 98 valence electrons. The van der Waals surface area contributed by atoms with Gasteiger partial charge in [0, 0.05) is 0 Å². The van der Waals surface area contributed by atoms with Gasteiger partial charge in [0.25, 0.3) is 0 Å². The Hall–Kier alpha value is -1.42. The third-order valence-corrected chi connectivity index (χ3v) is 3.08. The maximum absolute atomic E-state index is 13.2. The molecule has 1 aromatic rings. The number of nitrogens with one attached hydrogen (secondary N) is 2. The van der Waals surface area contributed by atoms with Gasteiger partial charge in [-0.15, -0.1) is 0 Å². The van der Waals surface area contributed by atoms with E-state index in [4.69, 9.17) is 10.2 Å². The monoisotopic (exact) mass is 368 g/mol. The highest BCUT2D eigenvalue weighted by Gasteiger charge is 2.19. The highest BCUT2D eigenvalue weighted by molar-refractivity contribution is 14.1. The summed E-state index contributed by atoms with van der Waals surface area (Å²) in [4.78, 5) is 22.0. The Morgan fingerprint density at radius 2 is 2.11 bits per heavy atom. The minimum Gasteiger partial charge on any atom is -0.480 e. The van der Waals surface area contributed by atoms with Gasteiger partial charge in [-0.25, -0.2) is 14.0 Å². The molecule has 0 saturated carbocycles. The van der Waals surface area contributed by atoms with Crippen LogP contribution in [0.4, 0.5) is 14.9 Å². The molecular formula is C10H10FIN2O4. The van der Waals surface area contributed by atoms with E-state index in [1.807, 2.05) is 5.32 Å². The van der Waals surface area contributed by atoms with Crippen molar-refractivity contribution in [3.8, 4) is 0 Å². The van der Waals surface area contributed by atoms with Gasteiger partial charge in [-0.3, -0.25) is 0 Å². The fourth-order valence-electron chi connectivity index (χ4n) is 1.10. The van der Waals surface area contributed by atoms with Crippen molar-refractivity contribution in [3.63, 3.8) is 0 Å². The van der Waals surface area contributed by atoms with Crippen LogP contribution in [0, 0.1) is 9.39 Å². The molecule has 1 rings (SSSR count). The van der Waals surface area contributed by atoms with Gasteiger partial charge in [0.05, 0.1) is 15.9 Å². The number of anilines is 1. The molecule has 0 aliphatic carbocycles. The lowest BCUT2D eigenvalue weighted by Gasteiger charge is -2.13. The Morgan fingerprint density at radius 1 is 1.44 bits per heavy atom. The van der Waals surface area contributed by atoms with E-state index in [9.17, 15) is 14.0 Å². The van der Waals surface area contributed by atoms with Crippen LogP contribution in [0.3, 0.4) is 0 Å². The van der Waals surface area contributed by atoms with Crippen LogP contribution in [0.1, 0.15) is 0 Å². The fraction of sp³-hybridized carbons (Fsp3) is 0.200. The normalized spacial score (nSPS) is 11.7. The van der Waals surface area contributed by atoms with E-state index >= 15 is 0 Å². The lowest BCUT2D eigenvalue weighted by atomic mass is 10.3. The molecule has 0 aliphatic rings. The smallest absolute Gasteiger partial charge is 0.328 e. The molecule has 0 bridgehead atoms. The van der Waals surface area contributed by atoms with Crippen LogP contribution in [-0.2, 0) is 4.79 Å². The standard InChI is InChI=1S/C10H10FIN2O4/c11-5-2-1-3-6(8(5)12)13-10(18)14-7(4-15)9(16)17/h1-3,7,15H,4H2,(H,16,17)(H2,13,14,18). The molecule has 1 aromatic carbocycles. The number of rotatable bonds is 4. The van der Waals surface area contributed by atoms with Crippen molar-refractivity contribution in [2.45, 2.75) is 6.04 Å². The Balaban J connectivity index is 2.70. The average molecular weight is 368 g/mol. The largest absolute Gasteiger partial charge is 0.480 e. The zero-order valence-corrected chi connectivity index (χ0v) is 11.1. The lowest BCUT2D eigenvalue weighted by molar-refractivity contribution is -0.140. The van der Waals surface area contributed by atoms with Crippen LogP contribution >= 0.6 is 22.6 Å². The van der Waals surface area contributed by atoms with Gasteiger partial charge in [-0.05, 0) is 34.7 Å². The van der Waals surface area contributed by atoms with Crippen LogP contribution < -0.4 is 10.6 Å². The van der Waals surface area contributed by atoms with Gasteiger partial charge in [-0.1, -0.05) is 6.07 Å². The second kappa shape index (κ2) is 6.50. The Kier molecular flexibility index (Phi) is 5.28. The van der Waals surface area contributed by atoms with Crippen molar-refractivity contribution in [1.29, 1.82) is 0 Å². The molecule has 2 amide bonds. The van der Waals surface area contributed by atoms with Gasteiger partial charge in [0.1, 0.15) is 5.82 Å². The molecule has 0 fully saturated rings. The Morgan fingerprint density at radius 3 is 2.67 bits per heavy atom. The topological polar surface area (TPSA) is 98.7 Å². The number of carboxylic acid groups (broad SMARTS) is 1. The minimum atomic E-state index is -1.41. The van der Waals surface area contributed by atoms with Crippen LogP contribution in [0.25, 0.3) is 0 Å². The van der Waals surface area contributed by atoms with Gasteiger partial charge in [-0.2, -0.15) is 0 Å². The Labute approximate surface area is 115 Å². The number of carbonyl (C=O) groups excluding carboxylic acids is 1. The molecule has 4 N–H and O–H groups in total. The van der Waals surface area contributed by atoms with E-state index in [1.54, 1.807) is 22.6 Å². The number of aliphatic hydroxyl groups excluding tert-OH is 1. The summed E-state index contributed by atoms with van der Waals surface area (Å²) in [5, 5.41) is 21.7. The number of carbonyl (C=O) groups is 2. The van der Waals surface area contributed by atoms with E-state index in [1.165, 1.54) is 18.2 Å². The van der Waals surface area contributed by atoms with Crippen LogP contribution in [0.5, 0.6) is 0 Å². The van der Waals surface area contributed by atoms with Crippen molar-refractivity contribution in [1.82, 2.24) is 5.32 Å². The number of hydrogen-bond donors (Lipinski definition) is 4. The molecule has 18 heavy (non-hydrogen) atoms. The molecule has 0 heterocycles. The molecule has 1 unspecified atom stereocenters. The van der Waals surface area contributed by atoms with E-state index in [-0.39, 0.29) is 9.26 Å². The van der Waals surface area contributed by atoms with Crippen LogP contribution in [0.15, 0.2) is 18.2 Å². The first-order valence-corrected chi connectivity index (χ1v) is 5.88. The first-order valence-electron chi connectivity index (χ1n) is 4.81. The van der Waals surface area contributed by atoms with Gasteiger partial charge < -0.3 is 20.8 Å². The summed E-state index contributed by atoms with van der Waals surface area (Å²) in [6.07, 6.45) is 0. The number of aliphatic hydroxyl groups is 1. The fourth-order valence-corrected chi connectivity index (χ4v) is 1.60. The maximum Gasteiger partial charge on any atom is 0.328 e. The van der Waals surface area contributed by atoms with E-state index < -0.39 is 30.5 Å². The summed E-state index contributed by atoms with van der Waals surface area (Å²) in [6, 6.07) is 1.88. The summed E-state index contributed by atoms with van der Waals surface area (Å²) in [5.74, 6) is -1.85. The minimum absolute atomic E-state index is 0.209. The number of halogens is 2. The van der Waals surface area contributed by atoms with Crippen molar-refractivity contribution >= 4 is 40.3 Å². The predicted molar refractivity (Wildman–Crippen MR) is 69.8 cm³/mol. The number of hydrogen-bond acceptors (Lipinski definition) is 3. The number of benzene rings is 1. The van der Waals surface area contributed by atoms with Crippen molar-refractivity contribution in [3.05, 3.63) is 27.6 Å². The molecule has 0 saturated heterocycles. The first kappa shape index (κ1) is 14.6. The number of urea groups is 1. The van der Waals surface area contributed by atoms with Gasteiger partial charge >= 0.3 is 12.0 Å². The van der Waals surface area contributed by atoms with Gasteiger partial charge in [0.15, 0.2) is 6.04 Å². The summed E-state index contributed by atoms with van der Waals surface area (Å²) in [6.45, 7) is -0.733. The predicted octanol–water partition coefficient (Wildman–Crippen LogP) is 0.997. The summed E-state index contributed by atoms with van der Waals surface area (Å²) in [5.41, 5.74) is 0.218. The molecule has 0 aromatic heterocycles. The second-order valence-corrected chi connectivity index (χ2v) is 4.35. The van der Waals surface area contributed by atoms with Crippen LogP contribution in [-0.4, -0.2) is 34.9 Å². The van der Waals surface area contributed by atoms with E-state index in [0.717, 1.165) is 0 Å². The molecule has 6 nitrogen and oxygen atoms in total. The first-order chi connectivity index (χ1) is 8.45. The third kappa shape index (κ3) is 3.81. The zero-order valence-electron chi connectivity index (χ0n) is 8.98. The molecule has 1 atom stereocenters. The number of carboxylic acids is 1. The van der Waals surface area contributed by atoms with Crippen molar-refractivity contribution in [2.24, 2.45) is 0 Å². The van der Waals surface area contributed by atoms with Crippen molar-refractivity contribution in [2.75, 3.05) is 11.9 Å². The lowest BCUT2D eigenvalue weighted by Crippen LogP contribution is -2.45. The SMILES string of the molecule is O=C(Nc1cccc(F)c1I)NC(CO)C(=O)O. The number of amides is 2. The zero-order chi connectivity index (χ0) is 13.7. The molecule has 8 heteroatoms. The summed E-state index contributed by atoms with van der Waals surface area (Å²) in [7, 11) is 0. The highest BCUT2D eigenvalue weighted by atomic mass is 127. The van der Waals surface area contributed by atoms with Crippen LogP contribution in [0.2, 0.25) is 0 Å². The van der Waals surface area contributed by atoms with Crippen molar-refractivity contribution < 1.29 is 24.2 Å². The molecule has 0 aliphatic heterocycles. The average Bonchev–Trinajstić information content (AvgIpc) is 2.31. The second-order valence-electron chi connectivity index (χ2n) is 3.27. The Bertz CT molecular complexity index is 469. The molecular weight excluding hydrogens is 358 g/mol. The maximum atomic E-state index is 13.2. The third-order valence-electron chi connectivity index (χ3n) is 1.99. The van der Waals surface area contributed by atoms with Gasteiger partial charge in [0.2, 0.25) is 0 Å². The quantitative estimate of drug-likeness (QED) is 0.596.